The number of hydrogen-bond acceptors (Lipinski definition) is 4. The van der Waals surface area contributed by atoms with Gasteiger partial charge in [-0.15, -0.1) is 11.8 Å². The van der Waals surface area contributed by atoms with Crippen LogP contribution in [0.3, 0.4) is 0 Å². The zero-order valence-electron chi connectivity index (χ0n) is 12.3. The Labute approximate surface area is 143 Å². The first-order chi connectivity index (χ1) is 11.0. The molecule has 0 aliphatic rings. The fourth-order valence-corrected chi connectivity index (χ4v) is 2.79. The molecule has 0 fully saturated rings. The summed E-state index contributed by atoms with van der Waals surface area (Å²) in [5.41, 5.74) is 0. The van der Waals surface area contributed by atoms with Crippen LogP contribution in [0.25, 0.3) is 0 Å². The summed E-state index contributed by atoms with van der Waals surface area (Å²) < 4.78 is 5.06. The maximum absolute atomic E-state index is 11.7. The van der Waals surface area contributed by atoms with Crippen molar-refractivity contribution in [2.24, 2.45) is 0 Å². The van der Waals surface area contributed by atoms with Crippen LogP contribution in [0.5, 0.6) is 0 Å². The molecule has 0 saturated heterocycles. The fraction of sp³-hybridized carbons (Fsp3) is 0.250. The van der Waals surface area contributed by atoms with E-state index in [1.165, 1.54) is 6.07 Å². The molecule has 1 aromatic heterocycles. The van der Waals surface area contributed by atoms with E-state index >= 15 is 0 Å². The highest BCUT2D eigenvalue weighted by atomic mass is 35.5. The summed E-state index contributed by atoms with van der Waals surface area (Å²) in [5, 5.41) is 12.1. The molecule has 0 radical (unpaired) electrons. The van der Waals surface area contributed by atoms with Crippen LogP contribution < -0.4 is 5.32 Å². The van der Waals surface area contributed by atoms with Gasteiger partial charge < -0.3 is 14.8 Å². The fourth-order valence-electron chi connectivity index (χ4n) is 1.82. The lowest BCUT2D eigenvalue weighted by atomic mass is 10.3. The normalized spacial score (nSPS) is 10.5. The largest absolute Gasteiger partial charge is 0.475 e. The minimum atomic E-state index is -1.12. The molecule has 23 heavy (non-hydrogen) atoms. The zero-order chi connectivity index (χ0) is 16.7. The summed E-state index contributed by atoms with van der Waals surface area (Å²) in [6.07, 6.45) is 1.16. The number of amides is 1. The zero-order valence-corrected chi connectivity index (χ0v) is 13.8. The smallest absolute Gasteiger partial charge is 0.371 e. The van der Waals surface area contributed by atoms with Gasteiger partial charge in [0.1, 0.15) is 5.76 Å². The van der Waals surface area contributed by atoms with Gasteiger partial charge in [0.15, 0.2) is 0 Å². The number of carbonyl (C=O) groups is 2. The molecule has 0 spiro atoms. The summed E-state index contributed by atoms with van der Waals surface area (Å²) in [5.74, 6) is -0.0874. The number of thioether (sulfide) groups is 1. The molecule has 0 saturated carbocycles. The van der Waals surface area contributed by atoms with Crippen LogP contribution in [0.15, 0.2) is 45.7 Å². The van der Waals surface area contributed by atoms with E-state index in [-0.39, 0.29) is 18.2 Å². The molecule has 122 valence electrons. The monoisotopic (exact) mass is 353 g/mol. The molecule has 1 amide bonds. The number of hydrogen-bond donors (Lipinski definition) is 2. The number of benzene rings is 1. The minimum absolute atomic E-state index is 0.0880. The summed E-state index contributed by atoms with van der Waals surface area (Å²) in [6, 6.07) is 10.5. The van der Waals surface area contributed by atoms with Crippen LogP contribution in [0.4, 0.5) is 0 Å². The second-order valence-electron chi connectivity index (χ2n) is 4.75. The van der Waals surface area contributed by atoms with Gasteiger partial charge in [0.2, 0.25) is 11.7 Å². The molecule has 0 atom stereocenters. The second-order valence-corrected chi connectivity index (χ2v) is 6.36. The molecule has 1 heterocycles. The van der Waals surface area contributed by atoms with E-state index in [1.807, 2.05) is 24.3 Å². The molecular weight excluding hydrogens is 338 g/mol. The predicted octanol–water partition coefficient (Wildman–Crippen LogP) is 3.82. The van der Waals surface area contributed by atoms with Crippen molar-refractivity contribution < 1.29 is 19.1 Å². The molecule has 2 aromatic rings. The lowest BCUT2D eigenvalue weighted by molar-refractivity contribution is -0.121. The Bertz CT molecular complexity index is 669. The Kier molecular flexibility index (Phi) is 6.55. The van der Waals surface area contributed by atoms with Gasteiger partial charge in [-0.25, -0.2) is 4.79 Å². The van der Waals surface area contributed by atoms with Crippen LogP contribution in [0.2, 0.25) is 5.02 Å². The van der Waals surface area contributed by atoms with Crippen LogP contribution in [0.1, 0.15) is 29.2 Å². The SMILES string of the molecule is O=C(CCCSc1ccc(Cl)cc1)NCc1ccc(C(=O)O)o1. The van der Waals surface area contributed by atoms with Gasteiger partial charge in [-0.1, -0.05) is 11.6 Å². The van der Waals surface area contributed by atoms with Gasteiger partial charge in [0, 0.05) is 16.3 Å². The standard InChI is InChI=1S/C16H16ClNO4S/c17-11-3-6-13(7-4-11)23-9-1-2-15(19)18-10-12-5-8-14(22-12)16(20)21/h3-8H,1-2,9-10H2,(H,18,19)(H,20,21). The van der Waals surface area contributed by atoms with Gasteiger partial charge in [-0.2, -0.15) is 0 Å². The van der Waals surface area contributed by atoms with E-state index in [0.29, 0.717) is 17.2 Å². The van der Waals surface area contributed by atoms with Crippen molar-refractivity contribution in [3.8, 4) is 0 Å². The third-order valence-corrected chi connectivity index (χ3v) is 4.31. The van der Waals surface area contributed by atoms with E-state index in [1.54, 1.807) is 17.8 Å². The van der Waals surface area contributed by atoms with E-state index in [4.69, 9.17) is 21.1 Å². The van der Waals surface area contributed by atoms with Crippen molar-refractivity contribution >= 4 is 35.2 Å². The molecule has 0 aliphatic heterocycles. The third kappa shape index (κ3) is 6.00. The maximum atomic E-state index is 11.7. The van der Waals surface area contributed by atoms with E-state index in [9.17, 15) is 9.59 Å². The van der Waals surface area contributed by atoms with Crippen LogP contribution in [-0.4, -0.2) is 22.7 Å². The highest BCUT2D eigenvalue weighted by molar-refractivity contribution is 7.99. The highest BCUT2D eigenvalue weighted by Gasteiger charge is 2.09. The number of rotatable bonds is 8. The van der Waals surface area contributed by atoms with Gasteiger partial charge in [0.25, 0.3) is 0 Å². The molecule has 0 bridgehead atoms. The second kappa shape index (κ2) is 8.64. The van der Waals surface area contributed by atoms with Crippen molar-refractivity contribution in [1.29, 1.82) is 0 Å². The number of aromatic carboxylic acids is 1. The molecular formula is C16H16ClNO4S. The number of carboxylic acids is 1. The molecule has 1 aromatic carbocycles. The van der Waals surface area contributed by atoms with Gasteiger partial charge >= 0.3 is 5.97 Å². The first-order valence-corrected chi connectivity index (χ1v) is 8.38. The average molecular weight is 354 g/mol. The van der Waals surface area contributed by atoms with E-state index < -0.39 is 5.97 Å². The summed E-state index contributed by atoms with van der Waals surface area (Å²) in [4.78, 5) is 23.5. The van der Waals surface area contributed by atoms with E-state index in [2.05, 4.69) is 5.32 Å². The van der Waals surface area contributed by atoms with Crippen LogP contribution in [0, 0.1) is 0 Å². The number of halogens is 1. The van der Waals surface area contributed by atoms with Crippen LogP contribution >= 0.6 is 23.4 Å². The lowest BCUT2D eigenvalue weighted by Gasteiger charge is -2.04. The van der Waals surface area contributed by atoms with Gasteiger partial charge in [-0.05, 0) is 48.6 Å². The van der Waals surface area contributed by atoms with Crippen molar-refractivity contribution in [3.63, 3.8) is 0 Å². The quantitative estimate of drug-likeness (QED) is 0.557. The van der Waals surface area contributed by atoms with Crippen molar-refractivity contribution in [3.05, 3.63) is 52.9 Å². The average Bonchev–Trinajstić information content (AvgIpc) is 3.00. The number of nitrogens with one attached hydrogen (secondary N) is 1. The summed E-state index contributed by atoms with van der Waals surface area (Å²) >= 11 is 7.49. The molecule has 5 nitrogen and oxygen atoms in total. The Morgan fingerprint density at radius 1 is 1.17 bits per heavy atom. The highest BCUT2D eigenvalue weighted by Crippen LogP contribution is 2.21. The molecule has 2 rings (SSSR count). The summed E-state index contributed by atoms with van der Waals surface area (Å²) in [7, 11) is 0. The molecule has 0 unspecified atom stereocenters. The van der Waals surface area contributed by atoms with Crippen molar-refractivity contribution in [2.75, 3.05) is 5.75 Å². The third-order valence-electron chi connectivity index (χ3n) is 2.96. The Hall–Kier alpha value is -1.92. The van der Waals surface area contributed by atoms with E-state index in [0.717, 1.165) is 17.1 Å². The molecule has 2 N–H and O–H groups in total. The number of furan rings is 1. The Balaban J connectivity index is 1.63. The number of carbonyl (C=O) groups excluding carboxylic acids is 1. The minimum Gasteiger partial charge on any atom is -0.475 e. The summed E-state index contributed by atoms with van der Waals surface area (Å²) in [6.45, 7) is 0.191. The lowest BCUT2D eigenvalue weighted by Crippen LogP contribution is -2.22. The van der Waals surface area contributed by atoms with Crippen molar-refractivity contribution in [2.45, 2.75) is 24.3 Å². The topological polar surface area (TPSA) is 79.5 Å². The van der Waals surface area contributed by atoms with Crippen molar-refractivity contribution in [1.82, 2.24) is 5.32 Å². The number of carboxylic acid groups (broad SMARTS) is 1. The van der Waals surface area contributed by atoms with Gasteiger partial charge in [-0.3, -0.25) is 4.79 Å². The van der Waals surface area contributed by atoms with Crippen LogP contribution in [-0.2, 0) is 11.3 Å². The first kappa shape index (κ1) is 17.4. The van der Waals surface area contributed by atoms with Gasteiger partial charge in [0.05, 0.1) is 6.54 Å². The Morgan fingerprint density at radius 2 is 1.91 bits per heavy atom. The maximum Gasteiger partial charge on any atom is 0.371 e. The Morgan fingerprint density at radius 3 is 2.57 bits per heavy atom. The molecule has 7 heteroatoms. The first-order valence-electron chi connectivity index (χ1n) is 7.01. The predicted molar refractivity (Wildman–Crippen MR) is 88.9 cm³/mol. The molecule has 0 aliphatic carbocycles.